The summed E-state index contributed by atoms with van der Waals surface area (Å²) >= 11 is 0. The number of alkyl halides is 3. The first-order valence-electron chi connectivity index (χ1n) is 10.2. The van der Waals surface area contributed by atoms with Gasteiger partial charge in [0, 0.05) is 37.0 Å². The van der Waals surface area contributed by atoms with Crippen molar-refractivity contribution < 1.29 is 23.1 Å². The molecular formula is C23H22F3N3O3. The lowest BCUT2D eigenvalue weighted by Gasteiger charge is -2.33. The maximum absolute atomic E-state index is 14.1. The SMILES string of the molecule is NC(=O)c1cn(-c2ccc(N3CCC(CO)CC3)cc2C(F)(F)F)c2ccccc2c1=O. The monoisotopic (exact) mass is 445 g/mol. The van der Waals surface area contributed by atoms with Gasteiger partial charge < -0.3 is 20.3 Å². The molecule has 6 nitrogen and oxygen atoms in total. The summed E-state index contributed by atoms with van der Waals surface area (Å²) in [6.45, 7) is 1.17. The molecule has 1 aromatic heterocycles. The van der Waals surface area contributed by atoms with Crippen LogP contribution < -0.4 is 16.1 Å². The summed E-state index contributed by atoms with van der Waals surface area (Å²) in [4.78, 5) is 26.3. The Kier molecular flexibility index (Phi) is 5.68. The summed E-state index contributed by atoms with van der Waals surface area (Å²) < 4.78 is 43.6. The average Bonchev–Trinajstić information content (AvgIpc) is 2.78. The Balaban J connectivity index is 1.89. The van der Waals surface area contributed by atoms with E-state index in [1.807, 2.05) is 4.90 Å². The molecule has 168 valence electrons. The first-order valence-corrected chi connectivity index (χ1v) is 10.2. The maximum Gasteiger partial charge on any atom is 0.418 e. The van der Waals surface area contributed by atoms with Crippen LogP contribution in [0, 0.1) is 5.92 Å². The van der Waals surface area contributed by atoms with Gasteiger partial charge in [-0.3, -0.25) is 9.59 Å². The summed E-state index contributed by atoms with van der Waals surface area (Å²) in [6, 6.07) is 10.2. The highest BCUT2D eigenvalue weighted by Gasteiger charge is 2.35. The number of hydrogen-bond acceptors (Lipinski definition) is 4. The van der Waals surface area contributed by atoms with Crippen molar-refractivity contribution >= 4 is 22.5 Å². The number of aliphatic hydroxyl groups excluding tert-OH is 1. The summed E-state index contributed by atoms with van der Waals surface area (Å²) in [5.74, 6) is -0.848. The van der Waals surface area contributed by atoms with E-state index in [4.69, 9.17) is 5.73 Å². The Labute approximate surface area is 181 Å². The average molecular weight is 445 g/mol. The number of primary amides is 1. The summed E-state index contributed by atoms with van der Waals surface area (Å²) in [5, 5.41) is 9.41. The number of amides is 1. The van der Waals surface area contributed by atoms with Crippen molar-refractivity contribution in [3.8, 4) is 5.69 Å². The first kappa shape index (κ1) is 21.9. The first-order chi connectivity index (χ1) is 15.2. The number of piperidine rings is 1. The number of fused-ring (bicyclic) bond motifs is 1. The summed E-state index contributed by atoms with van der Waals surface area (Å²) in [6.07, 6.45) is -2.20. The molecular weight excluding hydrogens is 423 g/mol. The fourth-order valence-corrected chi connectivity index (χ4v) is 4.18. The Morgan fingerprint density at radius 2 is 1.81 bits per heavy atom. The number of nitrogens with two attached hydrogens (primary N) is 1. The van der Waals surface area contributed by atoms with Crippen molar-refractivity contribution in [2.24, 2.45) is 11.7 Å². The standard InChI is InChI=1S/C23H22F3N3O3/c24-23(25,26)18-11-15(28-9-7-14(13-30)8-10-28)5-6-20(18)29-12-17(22(27)32)21(31)16-3-1-2-4-19(16)29/h1-6,11-12,14,30H,7-10,13H2,(H2,27,32). The number of carbonyl (C=O) groups excluding carboxylic acids is 1. The minimum Gasteiger partial charge on any atom is -0.396 e. The molecule has 32 heavy (non-hydrogen) atoms. The molecule has 0 aliphatic carbocycles. The highest BCUT2D eigenvalue weighted by Crippen LogP contribution is 2.38. The van der Waals surface area contributed by atoms with E-state index in [0.717, 1.165) is 12.3 Å². The zero-order valence-electron chi connectivity index (χ0n) is 17.1. The van der Waals surface area contributed by atoms with Gasteiger partial charge in [0.25, 0.3) is 5.91 Å². The van der Waals surface area contributed by atoms with E-state index in [1.165, 1.54) is 22.8 Å². The van der Waals surface area contributed by atoms with Gasteiger partial charge in [-0.2, -0.15) is 13.2 Å². The molecule has 0 saturated carbocycles. The number of rotatable bonds is 4. The molecule has 1 amide bonds. The van der Waals surface area contributed by atoms with Gasteiger partial charge in [0.1, 0.15) is 5.56 Å². The van der Waals surface area contributed by atoms with Gasteiger partial charge in [-0.05, 0) is 49.1 Å². The van der Waals surface area contributed by atoms with E-state index in [2.05, 4.69) is 0 Å². The number of aromatic nitrogens is 1. The molecule has 3 N–H and O–H groups in total. The minimum atomic E-state index is -4.67. The zero-order chi connectivity index (χ0) is 23.0. The number of pyridine rings is 1. The Morgan fingerprint density at radius 1 is 1.12 bits per heavy atom. The van der Waals surface area contributed by atoms with Crippen LogP contribution in [0.15, 0.2) is 53.5 Å². The van der Waals surface area contributed by atoms with E-state index in [9.17, 15) is 27.9 Å². The normalized spacial score (nSPS) is 15.3. The molecule has 0 bridgehead atoms. The molecule has 4 rings (SSSR count). The fraction of sp³-hybridized carbons (Fsp3) is 0.304. The van der Waals surface area contributed by atoms with Crippen LogP contribution in [0.1, 0.15) is 28.8 Å². The second-order valence-corrected chi connectivity index (χ2v) is 7.94. The topological polar surface area (TPSA) is 88.6 Å². The predicted molar refractivity (Wildman–Crippen MR) is 115 cm³/mol. The van der Waals surface area contributed by atoms with Gasteiger partial charge in [0.15, 0.2) is 0 Å². The third kappa shape index (κ3) is 3.95. The number of anilines is 1. The lowest BCUT2D eigenvalue weighted by molar-refractivity contribution is -0.137. The number of halogens is 3. The van der Waals surface area contributed by atoms with Crippen molar-refractivity contribution in [3.05, 3.63) is 70.0 Å². The molecule has 3 aromatic rings. The molecule has 2 heterocycles. The Bertz CT molecular complexity index is 1230. The zero-order valence-corrected chi connectivity index (χ0v) is 17.1. The van der Waals surface area contributed by atoms with E-state index < -0.39 is 23.1 Å². The van der Waals surface area contributed by atoms with E-state index in [1.54, 1.807) is 18.2 Å². The van der Waals surface area contributed by atoms with Crippen molar-refractivity contribution in [1.29, 1.82) is 0 Å². The Hall–Kier alpha value is -3.33. The maximum atomic E-state index is 14.1. The van der Waals surface area contributed by atoms with Crippen molar-refractivity contribution in [1.82, 2.24) is 4.57 Å². The van der Waals surface area contributed by atoms with Crippen LogP contribution in [-0.4, -0.2) is 35.3 Å². The van der Waals surface area contributed by atoms with E-state index in [0.29, 0.717) is 31.6 Å². The van der Waals surface area contributed by atoms with Crippen LogP contribution in [0.4, 0.5) is 18.9 Å². The highest BCUT2D eigenvalue weighted by molar-refractivity contribution is 5.96. The number of nitrogens with zero attached hydrogens (tertiary/aromatic N) is 2. The lowest BCUT2D eigenvalue weighted by Crippen LogP contribution is -2.35. The van der Waals surface area contributed by atoms with Gasteiger partial charge >= 0.3 is 6.18 Å². The molecule has 0 atom stereocenters. The molecule has 1 aliphatic rings. The van der Waals surface area contributed by atoms with Gasteiger partial charge in [-0.15, -0.1) is 0 Å². The van der Waals surface area contributed by atoms with Gasteiger partial charge in [0.05, 0.1) is 16.8 Å². The fourth-order valence-electron chi connectivity index (χ4n) is 4.18. The van der Waals surface area contributed by atoms with Crippen molar-refractivity contribution in [2.45, 2.75) is 19.0 Å². The highest BCUT2D eigenvalue weighted by atomic mass is 19.4. The minimum absolute atomic E-state index is 0.0716. The van der Waals surface area contributed by atoms with Crippen LogP contribution in [0.2, 0.25) is 0 Å². The Morgan fingerprint density at radius 3 is 2.44 bits per heavy atom. The van der Waals surface area contributed by atoms with Crippen molar-refractivity contribution in [2.75, 3.05) is 24.6 Å². The smallest absolute Gasteiger partial charge is 0.396 e. The lowest BCUT2D eigenvalue weighted by atomic mass is 9.97. The van der Waals surface area contributed by atoms with Gasteiger partial charge in [-0.1, -0.05) is 12.1 Å². The molecule has 0 radical (unpaired) electrons. The molecule has 2 aromatic carbocycles. The van der Waals surface area contributed by atoms with Crippen LogP contribution in [0.25, 0.3) is 16.6 Å². The van der Waals surface area contributed by atoms with E-state index in [-0.39, 0.29) is 34.7 Å². The predicted octanol–water partition coefficient (Wildman–Crippen LogP) is 3.32. The van der Waals surface area contributed by atoms with Crippen molar-refractivity contribution in [3.63, 3.8) is 0 Å². The molecule has 0 unspecified atom stereocenters. The molecule has 1 fully saturated rings. The largest absolute Gasteiger partial charge is 0.418 e. The third-order valence-corrected chi connectivity index (χ3v) is 5.96. The number of para-hydroxylation sites is 1. The summed E-state index contributed by atoms with van der Waals surface area (Å²) in [7, 11) is 0. The molecule has 9 heteroatoms. The quantitative estimate of drug-likeness (QED) is 0.645. The molecule has 1 saturated heterocycles. The van der Waals surface area contributed by atoms with Crippen LogP contribution >= 0.6 is 0 Å². The number of hydrogen-bond donors (Lipinski definition) is 2. The second-order valence-electron chi connectivity index (χ2n) is 7.94. The van der Waals surface area contributed by atoms with Crippen LogP contribution in [0.5, 0.6) is 0 Å². The number of aliphatic hydroxyl groups is 1. The van der Waals surface area contributed by atoms with Crippen LogP contribution in [-0.2, 0) is 6.18 Å². The van der Waals surface area contributed by atoms with Gasteiger partial charge in [0.2, 0.25) is 5.43 Å². The van der Waals surface area contributed by atoms with E-state index >= 15 is 0 Å². The summed E-state index contributed by atoms with van der Waals surface area (Å²) in [5.41, 5.74) is 3.90. The molecule has 0 spiro atoms. The number of benzene rings is 2. The third-order valence-electron chi connectivity index (χ3n) is 5.96. The molecule has 1 aliphatic heterocycles. The van der Waals surface area contributed by atoms with Gasteiger partial charge in [-0.25, -0.2) is 0 Å². The number of carbonyl (C=O) groups is 1. The second kappa shape index (κ2) is 8.31. The van der Waals surface area contributed by atoms with Crippen LogP contribution in [0.3, 0.4) is 0 Å².